The second-order valence-electron chi connectivity index (χ2n) is 6.97. The van der Waals surface area contributed by atoms with Crippen molar-refractivity contribution in [3.63, 3.8) is 0 Å². The highest BCUT2D eigenvalue weighted by Gasteiger charge is 2.21. The minimum absolute atomic E-state index is 0.114. The number of amides is 4. The van der Waals surface area contributed by atoms with Gasteiger partial charge in [0.1, 0.15) is 0 Å². The number of unbranched alkanes of at least 4 members (excludes halogenated alkanes) is 1. The Morgan fingerprint density at radius 2 is 2.00 bits per heavy atom. The molecule has 1 heterocycles. The Labute approximate surface area is 171 Å². The minimum atomic E-state index is -0.158. The molecule has 0 unspecified atom stereocenters. The van der Waals surface area contributed by atoms with E-state index < -0.39 is 0 Å². The second-order valence-corrected chi connectivity index (χ2v) is 6.97. The SMILES string of the molecule is COCCCCN(Cc1ccccc1)C(=O)Nc1cccc(N2CCNC2=O)c1. The monoisotopic (exact) mass is 396 g/mol. The second kappa shape index (κ2) is 10.5. The Morgan fingerprint density at radius 1 is 1.17 bits per heavy atom. The van der Waals surface area contributed by atoms with Crippen LogP contribution < -0.4 is 15.5 Å². The number of hydrogen-bond donors (Lipinski definition) is 2. The number of ether oxygens (including phenoxy) is 1. The number of methoxy groups -OCH3 is 1. The van der Waals surface area contributed by atoms with E-state index in [-0.39, 0.29) is 12.1 Å². The van der Waals surface area contributed by atoms with E-state index in [1.165, 1.54) is 0 Å². The Morgan fingerprint density at radius 3 is 2.72 bits per heavy atom. The molecular weight excluding hydrogens is 368 g/mol. The molecule has 0 spiro atoms. The number of hydrogen-bond acceptors (Lipinski definition) is 3. The summed E-state index contributed by atoms with van der Waals surface area (Å²) < 4.78 is 5.11. The molecule has 0 bridgehead atoms. The molecule has 2 aromatic rings. The van der Waals surface area contributed by atoms with Gasteiger partial charge in [-0.3, -0.25) is 4.90 Å². The molecule has 1 saturated heterocycles. The fraction of sp³-hybridized carbons (Fsp3) is 0.364. The summed E-state index contributed by atoms with van der Waals surface area (Å²) in [6, 6.07) is 17.0. The van der Waals surface area contributed by atoms with E-state index in [9.17, 15) is 9.59 Å². The summed E-state index contributed by atoms with van der Waals surface area (Å²) in [6.07, 6.45) is 1.76. The predicted octanol–water partition coefficient (Wildman–Crippen LogP) is 3.68. The molecule has 0 aromatic heterocycles. The summed E-state index contributed by atoms with van der Waals surface area (Å²) in [5.41, 5.74) is 2.52. The highest BCUT2D eigenvalue weighted by molar-refractivity contribution is 5.95. The largest absolute Gasteiger partial charge is 0.385 e. The van der Waals surface area contributed by atoms with Gasteiger partial charge in [-0.15, -0.1) is 0 Å². The lowest BCUT2D eigenvalue weighted by Gasteiger charge is -2.24. The van der Waals surface area contributed by atoms with Crippen molar-refractivity contribution in [2.24, 2.45) is 0 Å². The van der Waals surface area contributed by atoms with Crippen LogP contribution in [-0.4, -0.2) is 50.3 Å². The van der Waals surface area contributed by atoms with E-state index in [4.69, 9.17) is 4.74 Å². The van der Waals surface area contributed by atoms with Gasteiger partial charge in [-0.1, -0.05) is 36.4 Å². The molecule has 7 heteroatoms. The van der Waals surface area contributed by atoms with Crippen LogP contribution in [0.25, 0.3) is 0 Å². The van der Waals surface area contributed by atoms with Crippen LogP contribution >= 0.6 is 0 Å². The third-order valence-corrected chi connectivity index (χ3v) is 4.80. The maximum atomic E-state index is 13.0. The average molecular weight is 396 g/mol. The van der Waals surface area contributed by atoms with Crippen molar-refractivity contribution in [1.82, 2.24) is 10.2 Å². The number of carbonyl (C=O) groups excluding carboxylic acids is 2. The summed E-state index contributed by atoms with van der Waals surface area (Å²) in [7, 11) is 1.68. The van der Waals surface area contributed by atoms with E-state index in [0.717, 1.165) is 24.1 Å². The molecule has 3 rings (SSSR count). The average Bonchev–Trinajstić information content (AvgIpc) is 3.17. The molecule has 2 N–H and O–H groups in total. The number of nitrogens with zero attached hydrogens (tertiary/aromatic N) is 2. The number of benzene rings is 2. The van der Waals surface area contributed by atoms with Crippen molar-refractivity contribution < 1.29 is 14.3 Å². The number of carbonyl (C=O) groups is 2. The van der Waals surface area contributed by atoms with Crippen molar-refractivity contribution in [1.29, 1.82) is 0 Å². The maximum absolute atomic E-state index is 13.0. The van der Waals surface area contributed by atoms with E-state index in [1.54, 1.807) is 16.9 Å². The predicted molar refractivity (Wildman–Crippen MR) is 114 cm³/mol. The van der Waals surface area contributed by atoms with Crippen LogP contribution in [0.15, 0.2) is 54.6 Å². The van der Waals surface area contributed by atoms with Gasteiger partial charge in [0.05, 0.1) is 0 Å². The summed E-state index contributed by atoms with van der Waals surface area (Å²) in [4.78, 5) is 28.3. The molecule has 4 amide bonds. The first-order chi connectivity index (χ1) is 14.2. The van der Waals surface area contributed by atoms with Crippen LogP contribution in [0, 0.1) is 0 Å². The van der Waals surface area contributed by atoms with Gasteiger partial charge in [-0.2, -0.15) is 0 Å². The van der Waals surface area contributed by atoms with Crippen molar-refractivity contribution in [2.45, 2.75) is 19.4 Å². The molecular formula is C22H28N4O3. The van der Waals surface area contributed by atoms with Crippen LogP contribution in [0.2, 0.25) is 0 Å². The summed E-state index contributed by atoms with van der Waals surface area (Å²) >= 11 is 0. The van der Waals surface area contributed by atoms with Crippen LogP contribution in [-0.2, 0) is 11.3 Å². The molecule has 154 valence electrons. The standard InChI is InChI=1S/C22H28N4O3/c1-29-15-6-5-13-25(17-18-8-3-2-4-9-18)22(28)24-19-10-7-11-20(16-19)26-14-12-23-21(26)27/h2-4,7-11,16H,5-6,12-15,17H2,1H3,(H,23,27)(H,24,28). The quantitative estimate of drug-likeness (QED) is 0.635. The molecule has 2 aromatic carbocycles. The molecule has 7 nitrogen and oxygen atoms in total. The Bertz CT molecular complexity index is 813. The summed E-state index contributed by atoms with van der Waals surface area (Å²) in [6.45, 7) is 3.10. The normalized spacial score (nSPS) is 13.3. The van der Waals surface area contributed by atoms with Crippen LogP contribution in [0.1, 0.15) is 18.4 Å². The van der Waals surface area contributed by atoms with Crippen LogP contribution in [0.3, 0.4) is 0 Å². The van der Waals surface area contributed by atoms with Gasteiger partial charge < -0.3 is 20.3 Å². The lowest BCUT2D eigenvalue weighted by molar-refractivity contribution is 0.182. The Kier molecular flexibility index (Phi) is 7.47. The fourth-order valence-corrected chi connectivity index (χ4v) is 3.28. The van der Waals surface area contributed by atoms with Gasteiger partial charge in [-0.25, -0.2) is 9.59 Å². The smallest absolute Gasteiger partial charge is 0.322 e. The molecule has 1 fully saturated rings. The van der Waals surface area contributed by atoms with E-state index in [1.807, 2.05) is 54.6 Å². The van der Waals surface area contributed by atoms with Gasteiger partial charge in [0.15, 0.2) is 0 Å². The fourth-order valence-electron chi connectivity index (χ4n) is 3.28. The highest BCUT2D eigenvalue weighted by Crippen LogP contribution is 2.21. The Hall–Kier alpha value is -3.06. The highest BCUT2D eigenvalue weighted by atomic mass is 16.5. The third-order valence-electron chi connectivity index (χ3n) is 4.80. The van der Waals surface area contributed by atoms with E-state index in [2.05, 4.69) is 10.6 Å². The van der Waals surface area contributed by atoms with Gasteiger partial charge in [0, 0.05) is 51.3 Å². The zero-order valence-electron chi connectivity index (χ0n) is 16.8. The summed E-state index contributed by atoms with van der Waals surface area (Å²) in [5.74, 6) is 0. The van der Waals surface area contributed by atoms with Crippen molar-refractivity contribution in [3.05, 3.63) is 60.2 Å². The first-order valence-electron chi connectivity index (χ1n) is 9.91. The summed E-state index contributed by atoms with van der Waals surface area (Å²) in [5, 5.41) is 5.77. The number of nitrogens with one attached hydrogen (secondary N) is 2. The van der Waals surface area contributed by atoms with E-state index >= 15 is 0 Å². The van der Waals surface area contributed by atoms with Gasteiger partial charge in [-0.05, 0) is 36.6 Å². The number of rotatable bonds is 9. The lowest BCUT2D eigenvalue weighted by Crippen LogP contribution is -2.35. The third kappa shape index (κ3) is 5.96. The maximum Gasteiger partial charge on any atom is 0.322 e. The topological polar surface area (TPSA) is 73.9 Å². The Balaban J connectivity index is 1.67. The molecule has 1 aliphatic heterocycles. The van der Waals surface area contributed by atoms with Gasteiger partial charge in [0.2, 0.25) is 0 Å². The van der Waals surface area contributed by atoms with Crippen molar-refractivity contribution in [2.75, 3.05) is 43.6 Å². The molecule has 1 aliphatic rings. The lowest BCUT2D eigenvalue weighted by atomic mass is 10.2. The molecule has 29 heavy (non-hydrogen) atoms. The van der Waals surface area contributed by atoms with Gasteiger partial charge >= 0.3 is 12.1 Å². The van der Waals surface area contributed by atoms with Crippen LogP contribution in [0.5, 0.6) is 0 Å². The minimum Gasteiger partial charge on any atom is -0.385 e. The molecule has 0 atom stereocenters. The first-order valence-corrected chi connectivity index (χ1v) is 9.91. The van der Waals surface area contributed by atoms with E-state index in [0.29, 0.717) is 38.5 Å². The zero-order chi connectivity index (χ0) is 20.5. The van der Waals surface area contributed by atoms with Crippen molar-refractivity contribution in [3.8, 4) is 0 Å². The van der Waals surface area contributed by atoms with Gasteiger partial charge in [0.25, 0.3) is 0 Å². The number of urea groups is 2. The zero-order valence-corrected chi connectivity index (χ0v) is 16.8. The van der Waals surface area contributed by atoms with Crippen LogP contribution in [0.4, 0.5) is 21.0 Å². The van der Waals surface area contributed by atoms with Crippen molar-refractivity contribution >= 4 is 23.4 Å². The first kappa shape index (κ1) is 20.7. The molecule has 0 aliphatic carbocycles. The number of anilines is 2. The molecule has 0 saturated carbocycles. The molecule has 0 radical (unpaired) electrons.